The average Bonchev–Trinajstić information content (AvgIpc) is 2.86. The van der Waals surface area contributed by atoms with Crippen LogP contribution >= 0.6 is 11.8 Å². The van der Waals surface area contributed by atoms with Gasteiger partial charge in [-0.25, -0.2) is 8.78 Å². The molecule has 3 rings (SSSR count). The summed E-state index contributed by atoms with van der Waals surface area (Å²) in [4.78, 5) is 0. The molecule has 1 N–H and O–H groups in total. The largest absolute Gasteiger partial charge is 0.388 e. The van der Waals surface area contributed by atoms with E-state index < -0.39 is 17.7 Å². The summed E-state index contributed by atoms with van der Waals surface area (Å²) in [5.74, 6) is 0.485. The lowest BCUT2D eigenvalue weighted by atomic mass is 9.80. The Kier molecular flexibility index (Phi) is 4.02. The van der Waals surface area contributed by atoms with Crippen LogP contribution in [0.25, 0.3) is 0 Å². The molecule has 2 heterocycles. The zero-order valence-electron chi connectivity index (χ0n) is 11.1. The number of benzene rings is 1. The maximum Gasteiger partial charge on any atom is 0.131 e. The molecule has 5 heteroatoms. The number of thioether (sulfide) groups is 1. The van der Waals surface area contributed by atoms with Crippen molar-refractivity contribution in [2.45, 2.75) is 31.0 Å². The highest BCUT2D eigenvalue weighted by Gasteiger charge is 2.43. The minimum atomic E-state index is -1.09. The van der Waals surface area contributed by atoms with Gasteiger partial charge in [-0.15, -0.1) is 0 Å². The van der Waals surface area contributed by atoms with Crippen LogP contribution in [0.1, 0.15) is 30.9 Å². The first-order valence-corrected chi connectivity index (χ1v) is 8.10. The van der Waals surface area contributed by atoms with Gasteiger partial charge in [0.25, 0.3) is 0 Å². The fourth-order valence-corrected chi connectivity index (χ4v) is 4.61. The van der Waals surface area contributed by atoms with E-state index in [0.717, 1.165) is 17.9 Å². The standard InChI is InChI=1S/C15H18F2O2S/c16-11-2-1-3-12(17)13(11)14(18)10-4-6-19-15(8-10)5-7-20-9-15/h1-3,10,14,18H,4-9H2. The van der Waals surface area contributed by atoms with E-state index >= 15 is 0 Å². The molecule has 110 valence electrons. The van der Waals surface area contributed by atoms with Crippen LogP contribution in [0.15, 0.2) is 18.2 Å². The molecule has 1 aromatic rings. The molecule has 3 unspecified atom stereocenters. The average molecular weight is 300 g/mol. The molecule has 0 bridgehead atoms. The summed E-state index contributed by atoms with van der Waals surface area (Å²) >= 11 is 1.84. The van der Waals surface area contributed by atoms with Gasteiger partial charge in [0.05, 0.1) is 17.3 Å². The molecular weight excluding hydrogens is 282 g/mol. The SMILES string of the molecule is OC(c1c(F)cccc1F)C1CCOC2(CCSC2)C1. The fourth-order valence-electron chi connectivity index (χ4n) is 3.23. The van der Waals surface area contributed by atoms with Gasteiger partial charge in [-0.1, -0.05) is 6.07 Å². The maximum absolute atomic E-state index is 13.8. The van der Waals surface area contributed by atoms with Crippen molar-refractivity contribution in [1.29, 1.82) is 0 Å². The molecule has 2 aliphatic rings. The monoisotopic (exact) mass is 300 g/mol. The second-order valence-electron chi connectivity index (χ2n) is 5.67. The number of hydrogen-bond donors (Lipinski definition) is 1. The number of ether oxygens (including phenoxy) is 1. The molecular formula is C15H18F2O2S. The van der Waals surface area contributed by atoms with Gasteiger partial charge in [-0.3, -0.25) is 0 Å². The van der Waals surface area contributed by atoms with E-state index in [0.29, 0.717) is 19.4 Å². The molecule has 2 fully saturated rings. The predicted molar refractivity (Wildman–Crippen MR) is 74.7 cm³/mol. The third kappa shape index (κ3) is 2.59. The zero-order valence-corrected chi connectivity index (χ0v) is 12.0. The minimum Gasteiger partial charge on any atom is -0.388 e. The summed E-state index contributed by atoms with van der Waals surface area (Å²) in [5.41, 5.74) is -0.392. The predicted octanol–water partition coefficient (Wildman–Crippen LogP) is 3.30. The Morgan fingerprint density at radius 1 is 1.35 bits per heavy atom. The van der Waals surface area contributed by atoms with Crippen molar-refractivity contribution in [2.75, 3.05) is 18.1 Å². The number of aliphatic hydroxyl groups is 1. The first-order chi connectivity index (χ1) is 9.61. The van der Waals surface area contributed by atoms with Crippen molar-refractivity contribution < 1.29 is 18.6 Å². The van der Waals surface area contributed by atoms with E-state index in [1.54, 1.807) is 0 Å². The number of aliphatic hydroxyl groups excluding tert-OH is 1. The normalized spacial score (nSPS) is 31.6. The second-order valence-corrected chi connectivity index (χ2v) is 6.77. The molecule has 0 aromatic heterocycles. The Hall–Kier alpha value is -0.650. The molecule has 2 aliphatic heterocycles. The van der Waals surface area contributed by atoms with Crippen LogP contribution in [0, 0.1) is 17.6 Å². The van der Waals surface area contributed by atoms with Crippen LogP contribution in [0.2, 0.25) is 0 Å². The molecule has 0 aliphatic carbocycles. The molecule has 2 saturated heterocycles. The Bertz CT molecular complexity index is 469. The van der Waals surface area contributed by atoms with Crippen LogP contribution < -0.4 is 0 Å². The number of hydrogen-bond acceptors (Lipinski definition) is 3. The van der Waals surface area contributed by atoms with E-state index in [4.69, 9.17) is 4.74 Å². The lowest BCUT2D eigenvalue weighted by Gasteiger charge is -2.39. The minimum absolute atomic E-state index is 0.145. The van der Waals surface area contributed by atoms with Gasteiger partial charge in [0.1, 0.15) is 11.6 Å². The zero-order chi connectivity index (χ0) is 14.2. The van der Waals surface area contributed by atoms with E-state index in [9.17, 15) is 13.9 Å². The van der Waals surface area contributed by atoms with Gasteiger partial charge in [0, 0.05) is 12.4 Å². The van der Waals surface area contributed by atoms with Crippen molar-refractivity contribution in [3.63, 3.8) is 0 Å². The number of halogens is 2. The Morgan fingerprint density at radius 2 is 2.10 bits per heavy atom. The first kappa shape index (κ1) is 14.3. The van der Waals surface area contributed by atoms with Crippen LogP contribution in [0.5, 0.6) is 0 Å². The summed E-state index contributed by atoms with van der Waals surface area (Å²) in [5, 5.41) is 10.4. The first-order valence-electron chi connectivity index (χ1n) is 6.95. The van der Waals surface area contributed by atoms with Gasteiger partial charge < -0.3 is 9.84 Å². The van der Waals surface area contributed by atoms with E-state index in [-0.39, 0.29) is 17.1 Å². The summed E-state index contributed by atoms with van der Waals surface area (Å²) in [7, 11) is 0. The quantitative estimate of drug-likeness (QED) is 0.909. The fraction of sp³-hybridized carbons (Fsp3) is 0.600. The Labute approximate surface area is 121 Å². The smallest absolute Gasteiger partial charge is 0.131 e. The van der Waals surface area contributed by atoms with Crippen LogP contribution in [-0.2, 0) is 4.74 Å². The van der Waals surface area contributed by atoms with E-state index in [2.05, 4.69) is 0 Å². The number of rotatable bonds is 2. The third-order valence-corrected chi connectivity index (χ3v) is 5.56. The molecule has 0 radical (unpaired) electrons. The van der Waals surface area contributed by atoms with Crippen molar-refractivity contribution in [3.8, 4) is 0 Å². The van der Waals surface area contributed by atoms with E-state index in [1.807, 2.05) is 11.8 Å². The van der Waals surface area contributed by atoms with Crippen molar-refractivity contribution >= 4 is 11.8 Å². The lowest BCUT2D eigenvalue weighted by Crippen LogP contribution is -2.41. The van der Waals surface area contributed by atoms with Gasteiger partial charge in [0.15, 0.2) is 0 Å². The van der Waals surface area contributed by atoms with Gasteiger partial charge in [-0.2, -0.15) is 11.8 Å². The van der Waals surface area contributed by atoms with Crippen molar-refractivity contribution in [3.05, 3.63) is 35.4 Å². The van der Waals surface area contributed by atoms with Gasteiger partial charge in [0.2, 0.25) is 0 Å². The second kappa shape index (κ2) is 5.62. The van der Waals surface area contributed by atoms with Crippen molar-refractivity contribution in [2.24, 2.45) is 5.92 Å². The molecule has 3 atom stereocenters. The highest BCUT2D eigenvalue weighted by atomic mass is 32.2. The molecule has 1 aromatic carbocycles. The molecule has 0 saturated carbocycles. The highest BCUT2D eigenvalue weighted by molar-refractivity contribution is 7.99. The van der Waals surface area contributed by atoms with Crippen molar-refractivity contribution in [1.82, 2.24) is 0 Å². The summed E-state index contributed by atoms with van der Waals surface area (Å²) in [6.45, 7) is 0.554. The molecule has 20 heavy (non-hydrogen) atoms. The summed E-state index contributed by atoms with van der Waals surface area (Å²) in [6, 6.07) is 3.71. The highest BCUT2D eigenvalue weighted by Crippen LogP contribution is 2.44. The van der Waals surface area contributed by atoms with Crippen LogP contribution in [0.3, 0.4) is 0 Å². The van der Waals surface area contributed by atoms with Gasteiger partial charge >= 0.3 is 0 Å². The summed E-state index contributed by atoms with van der Waals surface area (Å²) in [6.07, 6.45) is 1.18. The third-order valence-electron chi connectivity index (χ3n) is 4.34. The topological polar surface area (TPSA) is 29.5 Å². The Balaban J connectivity index is 1.81. The molecule has 1 spiro atoms. The van der Waals surface area contributed by atoms with E-state index in [1.165, 1.54) is 18.2 Å². The van der Waals surface area contributed by atoms with Crippen LogP contribution in [0.4, 0.5) is 8.78 Å². The molecule has 0 amide bonds. The lowest BCUT2D eigenvalue weighted by molar-refractivity contribution is -0.102. The summed E-state index contributed by atoms with van der Waals surface area (Å²) < 4.78 is 33.5. The Morgan fingerprint density at radius 3 is 2.75 bits per heavy atom. The molecule has 2 nitrogen and oxygen atoms in total. The van der Waals surface area contributed by atoms with Gasteiger partial charge in [-0.05, 0) is 43.1 Å². The maximum atomic E-state index is 13.8. The van der Waals surface area contributed by atoms with Crippen LogP contribution in [-0.4, -0.2) is 28.8 Å².